The first kappa shape index (κ1) is 15.2. The van der Waals surface area contributed by atoms with Crippen molar-refractivity contribution in [2.45, 2.75) is 36.4 Å². The van der Waals surface area contributed by atoms with E-state index in [9.17, 15) is 0 Å². The third kappa shape index (κ3) is 3.95. The van der Waals surface area contributed by atoms with E-state index in [1.165, 1.54) is 30.5 Å². The van der Waals surface area contributed by atoms with Crippen molar-refractivity contribution in [2.24, 2.45) is 5.92 Å². The van der Waals surface area contributed by atoms with Gasteiger partial charge in [-0.2, -0.15) is 0 Å². The predicted octanol–water partition coefficient (Wildman–Crippen LogP) is 5.73. The molecule has 0 aliphatic heterocycles. The summed E-state index contributed by atoms with van der Waals surface area (Å²) in [7, 11) is 0. The SMILES string of the molecule is Brc1ccc(CC2CC(c3ccccc3)CCC2Br)nc1. The van der Waals surface area contributed by atoms with Crippen LogP contribution in [0.5, 0.6) is 0 Å². The third-order valence-corrected chi connectivity index (χ3v) is 6.10. The molecule has 110 valence electrons. The highest BCUT2D eigenvalue weighted by atomic mass is 79.9. The van der Waals surface area contributed by atoms with E-state index in [0.717, 1.165) is 10.9 Å². The van der Waals surface area contributed by atoms with Crippen molar-refractivity contribution in [3.63, 3.8) is 0 Å². The van der Waals surface area contributed by atoms with Gasteiger partial charge in [-0.1, -0.05) is 46.3 Å². The van der Waals surface area contributed by atoms with Crippen LogP contribution in [-0.4, -0.2) is 9.81 Å². The van der Waals surface area contributed by atoms with Crippen molar-refractivity contribution in [3.8, 4) is 0 Å². The Balaban J connectivity index is 1.70. The van der Waals surface area contributed by atoms with Gasteiger partial charge in [0.2, 0.25) is 0 Å². The summed E-state index contributed by atoms with van der Waals surface area (Å²) in [5.41, 5.74) is 2.69. The number of nitrogens with zero attached hydrogens (tertiary/aromatic N) is 1. The molecule has 3 unspecified atom stereocenters. The van der Waals surface area contributed by atoms with Crippen LogP contribution in [0.25, 0.3) is 0 Å². The van der Waals surface area contributed by atoms with E-state index in [1.54, 1.807) is 0 Å². The molecule has 0 bridgehead atoms. The van der Waals surface area contributed by atoms with Crippen LogP contribution in [0.15, 0.2) is 53.1 Å². The maximum atomic E-state index is 4.54. The zero-order valence-corrected chi connectivity index (χ0v) is 15.1. The second-order valence-corrected chi connectivity index (χ2v) is 7.96. The maximum Gasteiger partial charge on any atom is 0.0413 e. The molecule has 1 aromatic heterocycles. The molecule has 2 aromatic rings. The first-order valence-corrected chi connectivity index (χ1v) is 9.22. The summed E-state index contributed by atoms with van der Waals surface area (Å²) < 4.78 is 1.05. The summed E-state index contributed by atoms with van der Waals surface area (Å²) >= 11 is 7.34. The molecule has 1 aliphatic carbocycles. The van der Waals surface area contributed by atoms with E-state index in [2.05, 4.69) is 79.3 Å². The average Bonchev–Trinajstić information content (AvgIpc) is 2.52. The van der Waals surface area contributed by atoms with Gasteiger partial charge in [0, 0.05) is 21.2 Å². The smallest absolute Gasteiger partial charge is 0.0413 e. The molecule has 1 aliphatic rings. The van der Waals surface area contributed by atoms with E-state index in [1.807, 2.05) is 6.20 Å². The molecule has 0 amide bonds. The second-order valence-electron chi connectivity index (χ2n) is 5.87. The molecule has 3 rings (SSSR count). The van der Waals surface area contributed by atoms with Gasteiger partial charge in [0.1, 0.15) is 0 Å². The van der Waals surface area contributed by atoms with Crippen LogP contribution in [0.3, 0.4) is 0 Å². The summed E-state index contributed by atoms with van der Waals surface area (Å²) in [5.74, 6) is 1.36. The summed E-state index contributed by atoms with van der Waals surface area (Å²) in [6, 6.07) is 15.2. The highest BCUT2D eigenvalue weighted by Gasteiger charge is 2.29. The van der Waals surface area contributed by atoms with Crippen molar-refractivity contribution in [2.75, 3.05) is 0 Å². The molecule has 1 fully saturated rings. The molecule has 0 spiro atoms. The van der Waals surface area contributed by atoms with E-state index in [-0.39, 0.29) is 0 Å². The van der Waals surface area contributed by atoms with Gasteiger partial charge in [-0.15, -0.1) is 0 Å². The van der Waals surface area contributed by atoms with Crippen molar-refractivity contribution >= 4 is 31.9 Å². The molecule has 1 aromatic carbocycles. The fourth-order valence-electron chi connectivity index (χ4n) is 3.26. The number of halogens is 2. The molecule has 0 N–H and O–H groups in total. The summed E-state index contributed by atoms with van der Waals surface area (Å²) in [6.07, 6.45) is 6.74. The Morgan fingerprint density at radius 1 is 1.05 bits per heavy atom. The van der Waals surface area contributed by atoms with E-state index >= 15 is 0 Å². The van der Waals surface area contributed by atoms with Crippen LogP contribution in [0, 0.1) is 5.92 Å². The van der Waals surface area contributed by atoms with Crippen molar-refractivity contribution in [1.29, 1.82) is 0 Å². The molecule has 1 saturated carbocycles. The number of hydrogen-bond acceptors (Lipinski definition) is 1. The summed E-state index contributed by atoms with van der Waals surface area (Å²) in [4.78, 5) is 5.15. The van der Waals surface area contributed by atoms with Gasteiger partial charge in [0.15, 0.2) is 0 Å². The Hall–Kier alpha value is -0.670. The van der Waals surface area contributed by atoms with Crippen LogP contribution >= 0.6 is 31.9 Å². The van der Waals surface area contributed by atoms with Gasteiger partial charge in [-0.25, -0.2) is 0 Å². The van der Waals surface area contributed by atoms with Crippen LogP contribution in [0.2, 0.25) is 0 Å². The average molecular weight is 409 g/mol. The standard InChI is InChI=1S/C18H19Br2N/c19-16-7-8-17(21-12-16)11-15-10-14(6-9-18(15)20)13-4-2-1-3-5-13/h1-5,7-8,12,14-15,18H,6,9-11H2. The molecule has 0 radical (unpaired) electrons. The topological polar surface area (TPSA) is 12.9 Å². The molecule has 0 saturated heterocycles. The number of alkyl halides is 1. The maximum absolute atomic E-state index is 4.54. The van der Waals surface area contributed by atoms with E-state index in [0.29, 0.717) is 16.7 Å². The second kappa shape index (κ2) is 7.06. The zero-order valence-electron chi connectivity index (χ0n) is 11.9. The molecule has 21 heavy (non-hydrogen) atoms. The fourth-order valence-corrected chi connectivity index (χ4v) is 4.16. The lowest BCUT2D eigenvalue weighted by Gasteiger charge is -2.33. The van der Waals surface area contributed by atoms with Crippen LogP contribution < -0.4 is 0 Å². The van der Waals surface area contributed by atoms with Gasteiger partial charge in [0.05, 0.1) is 0 Å². The minimum Gasteiger partial charge on any atom is -0.260 e. The number of pyridine rings is 1. The normalized spacial score (nSPS) is 25.7. The first-order valence-electron chi connectivity index (χ1n) is 7.52. The molecule has 1 nitrogen and oxygen atoms in total. The number of rotatable bonds is 3. The Bertz CT molecular complexity index is 568. The minimum atomic E-state index is 0.614. The lowest BCUT2D eigenvalue weighted by atomic mass is 9.76. The Morgan fingerprint density at radius 2 is 1.86 bits per heavy atom. The lowest BCUT2D eigenvalue weighted by Crippen LogP contribution is -2.26. The molecular weight excluding hydrogens is 390 g/mol. The molecule has 3 heteroatoms. The van der Waals surface area contributed by atoms with Crippen molar-refractivity contribution in [3.05, 3.63) is 64.4 Å². The van der Waals surface area contributed by atoms with Crippen LogP contribution in [0.4, 0.5) is 0 Å². The van der Waals surface area contributed by atoms with E-state index in [4.69, 9.17) is 0 Å². The van der Waals surface area contributed by atoms with Crippen LogP contribution in [0.1, 0.15) is 36.4 Å². The molecular formula is C18H19Br2N. The minimum absolute atomic E-state index is 0.614. The monoisotopic (exact) mass is 407 g/mol. The number of hydrogen-bond donors (Lipinski definition) is 0. The quantitative estimate of drug-likeness (QED) is 0.590. The summed E-state index contributed by atoms with van der Waals surface area (Å²) in [5, 5.41) is 0. The molecule has 3 atom stereocenters. The van der Waals surface area contributed by atoms with Crippen molar-refractivity contribution < 1.29 is 0 Å². The van der Waals surface area contributed by atoms with Gasteiger partial charge >= 0.3 is 0 Å². The zero-order chi connectivity index (χ0) is 14.7. The molecule has 1 heterocycles. The number of benzene rings is 1. The Morgan fingerprint density at radius 3 is 2.57 bits per heavy atom. The Labute approximate surface area is 143 Å². The van der Waals surface area contributed by atoms with Gasteiger partial charge < -0.3 is 0 Å². The first-order chi connectivity index (χ1) is 10.2. The van der Waals surface area contributed by atoms with Crippen LogP contribution in [-0.2, 0) is 6.42 Å². The highest BCUT2D eigenvalue weighted by Crippen LogP contribution is 2.40. The predicted molar refractivity (Wildman–Crippen MR) is 94.9 cm³/mol. The number of aromatic nitrogens is 1. The third-order valence-electron chi connectivity index (χ3n) is 4.42. The van der Waals surface area contributed by atoms with E-state index < -0.39 is 0 Å². The van der Waals surface area contributed by atoms with Crippen molar-refractivity contribution in [1.82, 2.24) is 4.98 Å². The largest absolute Gasteiger partial charge is 0.260 e. The highest BCUT2D eigenvalue weighted by molar-refractivity contribution is 9.10. The van der Waals surface area contributed by atoms with Gasteiger partial charge in [0.25, 0.3) is 0 Å². The fraction of sp³-hybridized carbons (Fsp3) is 0.389. The summed E-state index contributed by atoms with van der Waals surface area (Å²) in [6.45, 7) is 0. The Kier molecular flexibility index (Phi) is 5.12. The lowest BCUT2D eigenvalue weighted by molar-refractivity contribution is 0.333. The van der Waals surface area contributed by atoms with Gasteiger partial charge in [-0.05, 0) is 71.1 Å². The van der Waals surface area contributed by atoms with Gasteiger partial charge in [-0.3, -0.25) is 4.98 Å².